The Balaban J connectivity index is 1.90. The molecule has 2 heterocycles. The van der Waals surface area contributed by atoms with Crippen LogP contribution in [-0.4, -0.2) is 20.5 Å². The van der Waals surface area contributed by atoms with Crippen molar-refractivity contribution in [2.24, 2.45) is 0 Å². The molecular weight excluding hydrogens is 284 g/mol. The first kappa shape index (κ1) is 13.8. The Kier molecular flexibility index (Phi) is 3.25. The van der Waals surface area contributed by atoms with Gasteiger partial charge in [0.2, 0.25) is 4.96 Å². The fraction of sp³-hybridized carbons (Fsp3) is 0.267. The van der Waals surface area contributed by atoms with Crippen LogP contribution in [-0.2, 0) is 5.41 Å². The molecule has 21 heavy (non-hydrogen) atoms. The number of nitrogens with zero attached hydrogens (tertiary/aromatic N) is 3. The molecule has 6 heteroatoms. The maximum Gasteiger partial charge on any atom is 0.275 e. The number of imidazole rings is 1. The van der Waals surface area contributed by atoms with Gasteiger partial charge in [0.05, 0.1) is 6.20 Å². The van der Waals surface area contributed by atoms with E-state index in [1.165, 1.54) is 11.3 Å². The summed E-state index contributed by atoms with van der Waals surface area (Å²) in [5.41, 5.74) is 3.94. The summed E-state index contributed by atoms with van der Waals surface area (Å²) < 4.78 is 1.61. The third kappa shape index (κ3) is 2.67. The molecule has 108 valence electrons. The SMILES string of the molecule is CC(C)(C)c1ccccc1NC(=O)c1cn2ncsc2n1. The van der Waals surface area contributed by atoms with E-state index in [0.29, 0.717) is 10.7 Å². The first-order valence-electron chi connectivity index (χ1n) is 6.65. The summed E-state index contributed by atoms with van der Waals surface area (Å²) in [7, 11) is 0. The Bertz CT molecular complexity index is 769. The highest BCUT2D eigenvalue weighted by molar-refractivity contribution is 7.14. The van der Waals surface area contributed by atoms with Crippen LogP contribution < -0.4 is 5.32 Å². The number of anilines is 1. The van der Waals surface area contributed by atoms with Crippen molar-refractivity contribution in [3.8, 4) is 0 Å². The predicted molar refractivity (Wildman–Crippen MR) is 84.0 cm³/mol. The van der Waals surface area contributed by atoms with E-state index >= 15 is 0 Å². The van der Waals surface area contributed by atoms with Gasteiger partial charge >= 0.3 is 0 Å². The van der Waals surface area contributed by atoms with Gasteiger partial charge in [0.1, 0.15) is 11.2 Å². The molecule has 5 nitrogen and oxygen atoms in total. The molecule has 0 atom stereocenters. The lowest BCUT2D eigenvalue weighted by molar-refractivity contribution is 0.102. The maximum atomic E-state index is 12.4. The van der Waals surface area contributed by atoms with Crippen LogP contribution in [0.3, 0.4) is 0 Å². The normalized spacial score (nSPS) is 11.8. The number of carbonyl (C=O) groups excluding carboxylic acids is 1. The molecular formula is C15H16N4OS. The highest BCUT2D eigenvalue weighted by Gasteiger charge is 2.20. The summed E-state index contributed by atoms with van der Waals surface area (Å²) >= 11 is 1.40. The van der Waals surface area contributed by atoms with Crippen molar-refractivity contribution in [2.45, 2.75) is 26.2 Å². The lowest BCUT2D eigenvalue weighted by Gasteiger charge is -2.22. The van der Waals surface area contributed by atoms with Crippen molar-refractivity contribution in [1.29, 1.82) is 0 Å². The van der Waals surface area contributed by atoms with Crippen molar-refractivity contribution in [3.63, 3.8) is 0 Å². The fourth-order valence-electron chi connectivity index (χ4n) is 2.18. The van der Waals surface area contributed by atoms with Gasteiger partial charge in [0, 0.05) is 5.69 Å². The van der Waals surface area contributed by atoms with Crippen molar-refractivity contribution in [2.75, 3.05) is 5.32 Å². The van der Waals surface area contributed by atoms with E-state index in [9.17, 15) is 4.79 Å². The fourth-order valence-corrected chi connectivity index (χ4v) is 2.78. The first-order valence-corrected chi connectivity index (χ1v) is 7.53. The van der Waals surface area contributed by atoms with Crippen LogP contribution in [0.15, 0.2) is 36.0 Å². The van der Waals surface area contributed by atoms with Crippen LogP contribution in [0.5, 0.6) is 0 Å². The smallest absolute Gasteiger partial charge is 0.275 e. The van der Waals surface area contributed by atoms with Gasteiger partial charge in [-0.25, -0.2) is 9.50 Å². The Morgan fingerprint density at radius 1 is 1.29 bits per heavy atom. The Labute approximate surface area is 126 Å². The van der Waals surface area contributed by atoms with Crippen LogP contribution in [0.1, 0.15) is 36.8 Å². The van der Waals surface area contributed by atoms with E-state index in [-0.39, 0.29) is 11.3 Å². The van der Waals surface area contributed by atoms with Crippen LogP contribution in [0.4, 0.5) is 5.69 Å². The number of nitrogens with one attached hydrogen (secondary N) is 1. The molecule has 1 amide bonds. The van der Waals surface area contributed by atoms with E-state index < -0.39 is 0 Å². The number of amides is 1. The average molecular weight is 300 g/mol. The lowest BCUT2D eigenvalue weighted by Crippen LogP contribution is -2.18. The Morgan fingerprint density at radius 3 is 2.76 bits per heavy atom. The van der Waals surface area contributed by atoms with Crippen molar-refractivity contribution in [1.82, 2.24) is 14.6 Å². The summed E-state index contributed by atoms with van der Waals surface area (Å²) in [5.74, 6) is -0.218. The summed E-state index contributed by atoms with van der Waals surface area (Å²) in [6.45, 7) is 6.36. The molecule has 0 aliphatic rings. The second kappa shape index (κ2) is 4.96. The third-order valence-corrected chi connectivity index (χ3v) is 3.89. The molecule has 0 radical (unpaired) electrons. The maximum absolute atomic E-state index is 12.4. The molecule has 0 fully saturated rings. The number of rotatable bonds is 2. The van der Waals surface area contributed by atoms with E-state index in [4.69, 9.17) is 0 Å². The highest BCUT2D eigenvalue weighted by Crippen LogP contribution is 2.29. The van der Waals surface area contributed by atoms with Crippen molar-refractivity contribution in [3.05, 3.63) is 47.2 Å². The van der Waals surface area contributed by atoms with Crippen LogP contribution in [0, 0.1) is 0 Å². The minimum Gasteiger partial charge on any atom is -0.320 e. The van der Waals surface area contributed by atoms with Gasteiger partial charge in [0.25, 0.3) is 5.91 Å². The minimum absolute atomic E-state index is 0.0417. The van der Waals surface area contributed by atoms with Crippen LogP contribution >= 0.6 is 11.3 Å². The van der Waals surface area contributed by atoms with E-state index in [2.05, 4.69) is 36.2 Å². The molecule has 0 aliphatic carbocycles. The van der Waals surface area contributed by atoms with Crippen molar-refractivity contribution >= 4 is 27.9 Å². The molecule has 0 aliphatic heterocycles. The molecule has 0 spiro atoms. The number of hydrogen-bond acceptors (Lipinski definition) is 4. The molecule has 3 aromatic rings. The van der Waals surface area contributed by atoms with Crippen LogP contribution in [0.2, 0.25) is 0 Å². The Hall–Kier alpha value is -2.21. The van der Waals surface area contributed by atoms with Gasteiger partial charge in [0.15, 0.2) is 0 Å². The number of hydrogen-bond donors (Lipinski definition) is 1. The zero-order chi connectivity index (χ0) is 15.0. The average Bonchev–Trinajstić information content (AvgIpc) is 2.98. The molecule has 1 aromatic carbocycles. The molecule has 0 bridgehead atoms. The number of benzene rings is 1. The zero-order valence-corrected chi connectivity index (χ0v) is 12.9. The monoisotopic (exact) mass is 300 g/mol. The second-order valence-corrected chi connectivity index (χ2v) is 6.65. The summed E-state index contributed by atoms with van der Waals surface area (Å²) in [6.07, 6.45) is 1.64. The molecule has 0 saturated carbocycles. The van der Waals surface area contributed by atoms with Gasteiger partial charge < -0.3 is 5.32 Å². The summed E-state index contributed by atoms with van der Waals surface area (Å²) in [4.78, 5) is 17.3. The number of fused-ring (bicyclic) bond motifs is 1. The zero-order valence-electron chi connectivity index (χ0n) is 12.1. The molecule has 1 N–H and O–H groups in total. The number of aromatic nitrogens is 3. The first-order chi connectivity index (χ1) is 9.95. The second-order valence-electron chi connectivity index (χ2n) is 5.84. The van der Waals surface area contributed by atoms with Gasteiger partial charge in [-0.05, 0) is 17.0 Å². The largest absolute Gasteiger partial charge is 0.320 e. The highest BCUT2D eigenvalue weighted by atomic mass is 32.1. The standard InChI is InChI=1S/C15H16N4OS/c1-15(2,3)10-6-4-5-7-11(10)17-13(20)12-8-19-14(18-12)21-9-16-19/h4-9H,1-3H3,(H,17,20). The van der Waals surface area contributed by atoms with Gasteiger partial charge in [-0.3, -0.25) is 4.79 Å². The molecule has 2 aromatic heterocycles. The van der Waals surface area contributed by atoms with Gasteiger partial charge in [-0.1, -0.05) is 50.3 Å². The lowest BCUT2D eigenvalue weighted by atomic mass is 9.86. The minimum atomic E-state index is -0.218. The quantitative estimate of drug-likeness (QED) is 0.789. The molecule has 0 saturated heterocycles. The van der Waals surface area contributed by atoms with Gasteiger partial charge in [-0.15, -0.1) is 0 Å². The van der Waals surface area contributed by atoms with Crippen molar-refractivity contribution < 1.29 is 4.79 Å². The Morgan fingerprint density at radius 2 is 2.05 bits per heavy atom. The van der Waals surface area contributed by atoms with E-state index in [1.807, 2.05) is 24.3 Å². The molecule has 0 unspecified atom stereocenters. The van der Waals surface area contributed by atoms with E-state index in [1.54, 1.807) is 16.2 Å². The molecule has 3 rings (SSSR count). The summed E-state index contributed by atoms with van der Waals surface area (Å²) in [5, 5.41) is 7.02. The van der Waals surface area contributed by atoms with Gasteiger partial charge in [-0.2, -0.15) is 5.10 Å². The predicted octanol–water partition coefficient (Wildman–Crippen LogP) is 3.34. The third-order valence-electron chi connectivity index (χ3n) is 3.20. The van der Waals surface area contributed by atoms with E-state index in [0.717, 1.165) is 11.3 Å². The number of carbonyl (C=O) groups is 1. The number of para-hydroxylation sites is 1. The summed E-state index contributed by atoms with van der Waals surface area (Å²) in [6, 6.07) is 7.84. The van der Waals surface area contributed by atoms with Crippen LogP contribution in [0.25, 0.3) is 4.96 Å². The topological polar surface area (TPSA) is 59.3 Å².